The molecule has 1 aromatic heterocycles. The summed E-state index contributed by atoms with van der Waals surface area (Å²) in [6.45, 7) is 1.88. The summed E-state index contributed by atoms with van der Waals surface area (Å²) < 4.78 is 0. The van der Waals surface area contributed by atoms with E-state index < -0.39 is 5.92 Å². The first-order valence-corrected chi connectivity index (χ1v) is 11.2. The molecule has 6 heteroatoms. The molecule has 1 amide bonds. The zero-order valence-corrected chi connectivity index (χ0v) is 18.4. The number of rotatable bonds is 6. The van der Waals surface area contributed by atoms with Gasteiger partial charge in [-0.15, -0.1) is 11.8 Å². The van der Waals surface area contributed by atoms with Gasteiger partial charge in [0.1, 0.15) is 0 Å². The predicted octanol–water partition coefficient (Wildman–Crippen LogP) is 5.35. The van der Waals surface area contributed by atoms with Crippen molar-refractivity contribution >= 4 is 23.4 Å². The molecule has 32 heavy (non-hydrogen) atoms. The van der Waals surface area contributed by atoms with Gasteiger partial charge >= 0.3 is 0 Å². The van der Waals surface area contributed by atoms with E-state index in [0.29, 0.717) is 16.8 Å². The Kier molecular flexibility index (Phi) is 6.69. The molecule has 0 saturated carbocycles. The standard InChI is InChI=1S/C26H22N4OS/c1-18-23(25(31)30-21-10-6-3-7-11-21)24(20-12-14-28-15-13-20)22(16-27)26(29-18)32-17-19-8-4-2-5-9-19/h2-15,24,29H,17H2,1H3,(H,30,31)/t24-/m0/s1. The number of nitrogens with one attached hydrogen (secondary N) is 2. The van der Waals surface area contributed by atoms with Gasteiger partial charge in [0.05, 0.1) is 22.6 Å². The third-order valence-corrected chi connectivity index (χ3v) is 6.28. The third kappa shape index (κ3) is 4.74. The molecule has 0 unspecified atom stereocenters. The monoisotopic (exact) mass is 438 g/mol. The average molecular weight is 439 g/mol. The number of para-hydroxylation sites is 1. The van der Waals surface area contributed by atoms with Crippen LogP contribution in [0.5, 0.6) is 0 Å². The van der Waals surface area contributed by atoms with E-state index in [0.717, 1.165) is 22.0 Å². The Balaban J connectivity index is 1.70. The Labute approximate surface area is 191 Å². The summed E-state index contributed by atoms with van der Waals surface area (Å²) in [4.78, 5) is 17.5. The van der Waals surface area contributed by atoms with Crippen LogP contribution in [0.15, 0.2) is 107 Å². The lowest BCUT2D eigenvalue weighted by Crippen LogP contribution is -2.30. The fourth-order valence-electron chi connectivity index (χ4n) is 3.67. The Morgan fingerprint density at radius 2 is 1.72 bits per heavy atom. The second-order valence-electron chi connectivity index (χ2n) is 7.33. The minimum absolute atomic E-state index is 0.233. The number of thioether (sulfide) groups is 1. The largest absolute Gasteiger partial charge is 0.353 e. The van der Waals surface area contributed by atoms with Crippen molar-refractivity contribution in [2.75, 3.05) is 5.32 Å². The Hall–Kier alpha value is -3.82. The van der Waals surface area contributed by atoms with Gasteiger partial charge in [-0.25, -0.2) is 0 Å². The highest BCUT2D eigenvalue weighted by atomic mass is 32.2. The number of anilines is 1. The van der Waals surface area contributed by atoms with Crippen molar-refractivity contribution in [2.24, 2.45) is 0 Å². The summed E-state index contributed by atoms with van der Waals surface area (Å²) in [5.41, 5.74) is 4.52. The number of carbonyl (C=O) groups is 1. The van der Waals surface area contributed by atoms with Crippen molar-refractivity contribution in [1.82, 2.24) is 10.3 Å². The normalized spacial score (nSPS) is 15.7. The van der Waals surface area contributed by atoms with Gasteiger partial charge in [0.2, 0.25) is 0 Å². The Morgan fingerprint density at radius 1 is 1.06 bits per heavy atom. The van der Waals surface area contributed by atoms with Crippen LogP contribution in [0.2, 0.25) is 0 Å². The number of hydrogen-bond donors (Lipinski definition) is 2. The fourth-order valence-corrected chi connectivity index (χ4v) is 4.71. The second-order valence-corrected chi connectivity index (χ2v) is 8.31. The van der Waals surface area contributed by atoms with Crippen LogP contribution >= 0.6 is 11.8 Å². The molecule has 2 N–H and O–H groups in total. The quantitative estimate of drug-likeness (QED) is 0.542. The topological polar surface area (TPSA) is 77.8 Å². The number of hydrogen-bond acceptors (Lipinski definition) is 5. The molecule has 2 aromatic carbocycles. The molecule has 5 nitrogen and oxygen atoms in total. The van der Waals surface area contributed by atoms with E-state index in [1.165, 1.54) is 5.56 Å². The van der Waals surface area contributed by atoms with Gasteiger partial charge in [0.25, 0.3) is 5.91 Å². The van der Waals surface area contributed by atoms with Gasteiger partial charge in [0, 0.05) is 35.1 Å². The molecule has 1 aliphatic rings. The van der Waals surface area contributed by atoms with E-state index in [-0.39, 0.29) is 5.91 Å². The van der Waals surface area contributed by atoms with Crippen LogP contribution in [0.4, 0.5) is 5.69 Å². The lowest BCUT2D eigenvalue weighted by molar-refractivity contribution is -0.113. The average Bonchev–Trinajstić information content (AvgIpc) is 2.84. The summed E-state index contributed by atoms with van der Waals surface area (Å²) in [6.07, 6.45) is 3.37. The van der Waals surface area contributed by atoms with E-state index in [9.17, 15) is 10.1 Å². The van der Waals surface area contributed by atoms with E-state index in [1.807, 2.05) is 67.6 Å². The molecule has 4 rings (SSSR count). The molecule has 0 radical (unpaired) electrons. The molecular weight excluding hydrogens is 416 g/mol. The van der Waals surface area contributed by atoms with Gasteiger partial charge in [-0.1, -0.05) is 48.5 Å². The number of pyridine rings is 1. The van der Waals surface area contributed by atoms with Crippen LogP contribution in [-0.2, 0) is 10.5 Å². The van der Waals surface area contributed by atoms with Crippen molar-refractivity contribution in [1.29, 1.82) is 5.26 Å². The van der Waals surface area contributed by atoms with Crippen molar-refractivity contribution in [2.45, 2.75) is 18.6 Å². The highest BCUT2D eigenvalue weighted by molar-refractivity contribution is 8.02. The number of allylic oxidation sites excluding steroid dienone is 2. The number of carbonyl (C=O) groups excluding carboxylic acids is 1. The van der Waals surface area contributed by atoms with Gasteiger partial charge in [-0.05, 0) is 42.3 Å². The number of dihydropyridines is 1. The number of amides is 1. The maximum absolute atomic E-state index is 13.3. The maximum Gasteiger partial charge on any atom is 0.254 e. The third-order valence-electron chi connectivity index (χ3n) is 5.19. The molecule has 1 aliphatic heterocycles. The van der Waals surface area contributed by atoms with Crippen LogP contribution in [-0.4, -0.2) is 10.9 Å². The lowest BCUT2D eigenvalue weighted by atomic mass is 9.82. The minimum atomic E-state index is -0.480. The number of aromatic nitrogens is 1. The Bertz CT molecular complexity index is 1200. The first-order valence-electron chi connectivity index (χ1n) is 10.2. The van der Waals surface area contributed by atoms with E-state index >= 15 is 0 Å². The lowest BCUT2D eigenvalue weighted by Gasteiger charge is -2.30. The molecule has 3 aromatic rings. The van der Waals surface area contributed by atoms with Crippen molar-refractivity contribution < 1.29 is 4.79 Å². The molecule has 0 aliphatic carbocycles. The minimum Gasteiger partial charge on any atom is -0.353 e. The number of benzene rings is 2. The van der Waals surface area contributed by atoms with Crippen LogP contribution in [0, 0.1) is 11.3 Å². The summed E-state index contributed by atoms with van der Waals surface area (Å²) in [5.74, 6) is 0.00471. The molecular formula is C26H22N4OS. The van der Waals surface area contributed by atoms with Crippen LogP contribution < -0.4 is 10.6 Å². The van der Waals surface area contributed by atoms with Gasteiger partial charge in [0.15, 0.2) is 0 Å². The molecule has 2 heterocycles. The maximum atomic E-state index is 13.3. The van der Waals surface area contributed by atoms with E-state index in [2.05, 4.69) is 33.8 Å². The highest BCUT2D eigenvalue weighted by Gasteiger charge is 2.34. The van der Waals surface area contributed by atoms with E-state index in [1.54, 1.807) is 24.2 Å². The van der Waals surface area contributed by atoms with Crippen LogP contribution in [0.1, 0.15) is 24.0 Å². The first-order chi connectivity index (χ1) is 15.7. The smallest absolute Gasteiger partial charge is 0.254 e. The van der Waals surface area contributed by atoms with Crippen LogP contribution in [0.25, 0.3) is 0 Å². The number of nitrogens with zero attached hydrogens (tertiary/aromatic N) is 2. The number of nitriles is 1. The van der Waals surface area contributed by atoms with Crippen molar-refractivity contribution in [3.05, 3.63) is 118 Å². The van der Waals surface area contributed by atoms with E-state index in [4.69, 9.17) is 0 Å². The van der Waals surface area contributed by atoms with Crippen molar-refractivity contribution in [3.63, 3.8) is 0 Å². The molecule has 0 spiro atoms. The second kappa shape index (κ2) is 9.99. The summed E-state index contributed by atoms with van der Waals surface area (Å²) >= 11 is 1.57. The molecule has 1 atom stereocenters. The van der Waals surface area contributed by atoms with Crippen LogP contribution in [0.3, 0.4) is 0 Å². The molecule has 0 fully saturated rings. The SMILES string of the molecule is CC1=C(C(=O)Nc2ccccc2)[C@@H](c2ccncc2)C(C#N)=C(SCc2ccccc2)N1. The molecule has 0 saturated heterocycles. The zero-order valence-electron chi connectivity index (χ0n) is 17.6. The zero-order chi connectivity index (χ0) is 22.3. The molecule has 158 valence electrons. The molecule has 0 bridgehead atoms. The fraction of sp³-hybridized carbons (Fsp3) is 0.115. The van der Waals surface area contributed by atoms with Gasteiger partial charge in [-0.3, -0.25) is 9.78 Å². The summed E-state index contributed by atoms with van der Waals surface area (Å²) in [5, 5.41) is 17.2. The predicted molar refractivity (Wildman–Crippen MR) is 128 cm³/mol. The van der Waals surface area contributed by atoms with Crippen molar-refractivity contribution in [3.8, 4) is 6.07 Å². The van der Waals surface area contributed by atoms with Gasteiger partial charge < -0.3 is 10.6 Å². The summed E-state index contributed by atoms with van der Waals surface area (Å²) in [6, 6.07) is 25.5. The highest BCUT2D eigenvalue weighted by Crippen LogP contribution is 2.41. The Morgan fingerprint density at radius 3 is 2.38 bits per heavy atom. The first kappa shape index (κ1) is 21.4. The summed E-state index contributed by atoms with van der Waals surface area (Å²) in [7, 11) is 0. The van der Waals surface area contributed by atoms with Gasteiger partial charge in [-0.2, -0.15) is 5.26 Å².